The Labute approximate surface area is 213 Å². The highest BCUT2D eigenvalue weighted by Crippen LogP contribution is 2.49. The van der Waals surface area contributed by atoms with E-state index in [9.17, 15) is 10.1 Å². The molecule has 0 spiro atoms. The average Bonchev–Trinajstić information content (AvgIpc) is 3.36. The minimum Gasteiger partial charge on any atom is -0.492 e. The molecule has 0 radical (unpaired) electrons. The van der Waals surface area contributed by atoms with E-state index in [-0.39, 0.29) is 18.5 Å². The van der Waals surface area contributed by atoms with Gasteiger partial charge in [-0.15, -0.1) is 0 Å². The summed E-state index contributed by atoms with van der Waals surface area (Å²) in [6, 6.07) is 16.5. The summed E-state index contributed by atoms with van der Waals surface area (Å²) >= 11 is 1.55. The fourth-order valence-corrected chi connectivity index (χ4v) is 5.14. The minimum atomic E-state index is -0.394. The average molecular weight is 504 g/mol. The van der Waals surface area contributed by atoms with Gasteiger partial charge in [0.05, 0.1) is 18.6 Å². The van der Waals surface area contributed by atoms with Crippen molar-refractivity contribution < 1.29 is 19.1 Å². The number of benzene rings is 3. The molecule has 0 bridgehead atoms. The highest BCUT2D eigenvalue weighted by molar-refractivity contribution is 7.99. The topological polar surface area (TPSA) is 86.1 Å². The van der Waals surface area contributed by atoms with E-state index in [4.69, 9.17) is 14.2 Å². The number of nitrogens with one attached hydrogen (secondary N) is 1. The van der Waals surface area contributed by atoms with Crippen molar-refractivity contribution in [2.24, 2.45) is 0 Å². The van der Waals surface area contributed by atoms with Crippen LogP contribution in [0.25, 0.3) is 0 Å². The predicted molar refractivity (Wildman–Crippen MR) is 138 cm³/mol. The quantitative estimate of drug-likeness (QED) is 0.282. The van der Waals surface area contributed by atoms with Gasteiger partial charge in [0.1, 0.15) is 6.04 Å². The second-order valence-corrected chi connectivity index (χ2v) is 9.55. The highest BCUT2D eigenvalue weighted by atomic mass is 32.2. The summed E-state index contributed by atoms with van der Waals surface area (Å²) in [5.74, 6) is 8.78. The molecule has 1 N–H and O–H groups in total. The first-order chi connectivity index (χ1) is 17.5. The Hall–Kier alpha value is -3.87. The fraction of sp³-hybridized carbons (Fsp3) is 0.259. The summed E-state index contributed by atoms with van der Waals surface area (Å²) in [6.45, 7) is 1.60. The molecule has 36 heavy (non-hydrogen) atoms. The molecule has 8 nitrogen and oxygen atoms in total. The number of anilines is 1. The van der Waals surface area contributed by atoms with Crippen molar-refractivity contribution in [3.8, 4) is 29.1 Å². The lowest BCUT2D eigenvalue weighted by atomic mass is 9.91. The molecule has 2 heterocycles. The van der Waals surface area contributed by atoms with Crippen molar-refractivity contribution in [1.29, 1.82) is 0 Å². The SMILES string of the molecule is COc1c2c(cc3c1C(C#CCNc1ccc(Sc4ccc([N+](=O)[O-])cc4)cc1)N(C)CC3)OCO2. The maximum atomic E-state index is 10.8. The van der Waals surface area contributed by atoms with Crippen LogP contribution in [0.3, 0.4) is 0 Å². The maximum Gasteiger partial charge on any atom is 0.269 e. The third-order valence-electron chi connectivity index (χ3n) is 6.15. The standard InChI is InChI=1S/C27H25N3O5S/c1-29-15-13-18-16-24-26(35-17-34-24)27(33-2)25(18)23(29)4-3-14-28-19-5-9-21(10-6-19)36-22-11-7-20(8-12-22)30(31)32/h5-12,16,23,28H,13-15,17H2,1-2H3. The van der Waals surface area contributed by atoms with E-state index in [1.807, 2.05) is 24.3 Å². The molecule has 0 fully saturated rings. The molecule has 0 saturated carbocycles. The first kappa shape index (κ1) is 23.9. The monoisotopic (exact) mass is 503 g/mol. The van der Waals surface area contributed by atoms with Crippen molar-refractivity contribution in [3.63, 3.8) is 0 Å². The van der Waals surface area contributed by atoms with E-state index in [2.05, 4.69) is 35.2 Å². The van der Waals surface area contributed by atoms with Crippen LogP contribution >= 0.6 is 11.8 Å². The zero-order valence-corrected chi connectivity index (χ0v) is 20.8. The van der Waals surface area contributed by atoms with Crippen LogP contribution in [0.15, 0.2) is 64.4 Å². The Morgan fingerprint density at radius 2 is 1.89 bits per heavy atom. The van der Waals surface area contributed by atoms with Gasteiger partial charge in [0.25, 0.3) is 5.69 Å². The number of nitrogens with zero attached hydrogens (tertiary/aromatic N) is 2. The van der Waals surface area contributed by atoms with E-state index in [0.717, 1.165) is 39.8 Å². The molecule has 3 aromatic carbocycles. The molecule has 0 aliphatic carbocycles. The maximum absolute atomic E-state index is 10.8. The van der Waals surface area contributed by atoms with Gasteiger partial charge in [-0.1, -0.05) is 23.6 Å². The molecule has 2 aliphatic rings. The first-order valence-corrected chi connectivity index (χ1v) is 12.3. The van der Waals surface area contributed by atoms with Crippen LogP contribution in [0.1, 0.15) is 17.2 Å². The molecule has 184 valence electrons. The van der Waals surface area contributed by atoms with Crippen molar-refractivity contribution in [2.45, 2.75) is 22.3 Å². The van der Waals surface area contributed by atoms with E-state index in [0.29, 0.717) is 18.0 Å². The Morgan fingerprint density at radius 1 is 1.17 bits per heavy atom. The summed E-state index contributed by atoms with van der Waals surface area (Å²) in [6.07, 6.45) is 0.902. The van der Waals surface area contributed by atoms with Crippen LogP contribution in [0.5, 0.6) is 17.2 Å². The number of methoxy groups -OCH3 is 1. The van der Waals surface area contributed by atoms with Crippen molar-refractivity contribution in [2.75, 3.05) is 39.4 Å². The van der Waals surface area contributed by atoms with Crippen LogP contribution in [-0.4, -0.2) is 43.9 Å². The first-order valence-electron chi connectivity index (χ1n) is 11.5. The molecule has 0 amide bonds. The second-order valence-electron chi connectivity index (χ2n) is 8.40. The van der Waals surface area contributed by atoms with Crippen LogP contribution in [-0.2, 0) is 6.42 Å². The highest BCUT2D eigenvalue weighted by Gasteiger charge is 2.33. The number of ether oxygens (including phenoxy) is 3. The Kier molecular flexibility index (Phi) is 6.89. The molecule has 0 aromatic heterocycles. The van der Waals surface area contributed by atoms with Crippen LogP contribution < -0.4 is 19.5 Å². The number of hydrogen-bond acceptors (Lipinski definition) is 8. The molecule has 2 aliphatic heterocycles. The third-order valence-corrected chi connectivity index (χ3v) is 7.17. The van der Waals surface area contributed by atoms with Crippen LogP contribution in [0.2, 0.25) is 0 Å². The van der Waals surface area contributed by atoms with E-state index >= 15 is 0 Å². The number of non-ortho nitro benzene ring substituents is 1. The van der Waals surface area contributed by atoms with Crippen molar-refractivity contribution in [3.05, 3.63) is 75.8 Å². The van der Waals surface area contributed by atoms with Gasteiger partial charge in [0.2, 0.25) is 12.5 Å². The molecule has 0 saturated heterocycles. The van der Waals surface area contributed by atoms with Crippen LogP contribution in [0.4, 0.5) is 11.4 Å². The molecular formula is C27H25N3O5S. The third kappa shape index (κ3) is 4.91. The number of rotatable bonds is 6. The van der Waals surface area contributed by atoms with Gasteiger partial charge in [-0.2, -0.15) is 0 Å². The van der Waals surface area contributed by atoms with E-state index < -0.39 is 4.92 Å². The second kappa shape index (κ2) is 10.4. The van der Waals surface area contributed by atoms with Crippen LogP contribution in [0, 0.1) is 22.0 Å². The Balaban J connectivity index is 1.23. The normalized spacial score (nSPS) is 16.0. The molecular weight excluding hydrogens is 478 g/mol. The number of likely N-dealkylation sites (N-methyl/N-ethyl adjacent to an activating group) is 1. The summed E-state index contributed by atoms with van der Waals surface area (Å²) < 4.78 is 17.0. The predicted octanol–water partition coefficient (Wildman–Crippen LogP) is 5.13. The summed E-state index contributed by atoms with van der Waals surface area (Å²) in [5.41, 5.74) is 3.29. The van der Waals surface area contributed by atoms with Gasteiger partial charge < -0.3 is 19.5 Å². The van der Waals surface area contributed by atoms with E-state index in [1.54, 1.807) is 31.0 Å². The van der Waals surface area contributed by atoms with Crippen molar-refractivity contribution in [1.82, 2.24) is 4.90 Å². The molecule has 5 rings (SSSR count). The zero-order valence-electron chi connectivity index (χ0n) is 19.9. The van der Waals surface area contributed by atoms with Gasteiger partial charge in [-0.25, -0.2) is 0 Å². The number of fused-ring (bicyclic) bond motifs is 2. The Morgan fingerprint density at radius 3 is 2.58 bits per heavy atom. The lowest BCUT2D eigenvalue weighted by molar-refractivity contribution is -0.384. The lowest BCUT2D eigenvalue weighted by Gasteiger charge is -2.32. The van der Waals surface area contributed by atoms with E-state index in [1.165, 1.54) is 17.7 Å². The fourth-order valence-electron chi connectivity index (χ4n) is 4.32. The smallest absolute Gasteiger partial charge is 0.269 e. The summed E-state index contributed by atoms with van der Waals surface area (Å²) in [7, 11) is 3.73. The van der Waals surface area contributed by atoms with Crippen molar-refractivity contribution >= 4 is 23.1 Å². The molecule has 9 heteroatoms. The number of hydrogen-bond donors (Lipinski definition) is 1. The van der Waals surface area contributed by atoms with Gasteiger partial charge in [-0.3, -0.25) is 15.0 Å². The van der Waals surface area contributed by atoms with Gasteiger partial charge in [-0.05, 0) is 61.5 Å². The zero-order chi connectivity index (χ0) is 25.1. The lowest BCUT2D eigenvalue weighted by Crippen LogP contribution is -2.31. The summed E-state index contributed by atoms with van der Waals surface area (Å²) in [4.78, 5) is 14.6. The molecule has 1 unspecified atom stereocenters. The van der Waals surface area contributed by atoms with Gasteiger partial charge >= 0.3 is 0 Å². The molecule has 3 aromatic rings. The number of nitro groups is 1. The Bertz CT molecular complexity index is 1330. The van der Waals surface area contributed by atoms with Gasteiger partial charge in [0, 0.05) is 39.7 Å². The number of nitro benzene ring substituents is 1. The summed E-state index contributed by atoms with van der Waals surface area (Å²) in [5, 5.41) is 14.2. The molecule has 1 atom stereocenters. The minimum absolute atomic E-state index is 0.0904. The van der Waals surface area contributed by atoms with Gasteiger partial charge in [0.15, 0.2) is 11.5 Å². The largest absolute Gasteiger partial charge is 0.492 e.